The Morgan fingerprint density at radius 2 is 1.27 bits per heavy atom. The number of benzene rings is 3. The first-order valence-electron chi connectivity index (χ1n) is 10.7. The second-order valence-electron chi connectivity index (χ2n) is 8.57. The molecule has 0 saturated heterocycles. The molecule has 0 radical (unpaired) electrons. The molecule has 2 heteroatoms. The van der Waals surface area contributed by atoms with Crippen LogP contribution in [0.5, 0.6) is 0 Å². The van der Waals surface area contributed by atoms with Crippen molar-refractivity contribution in [3.05, 3.63) is 81.4 Å². The average Bonchev–Trinajstić information content (AvgIpc) is 2.63. The van der Waals surface area contributed by atoms with Gasteiger partial charge in [-0.25, -0.2) is 0 Å². The first-order chi connectivity index (χ1) is 14.1. The SMILES string of the molecule is CCc1cc(-c2c(C)cc(C)cc2C)ccc1N(C(C)=O)c1c(C)cc(C)cc1C. The predicted molar refractivity (Wildman–Crippen MR) is 129 cm³/mol. The standard InChI is InChI=1S/C28H33NO/c1-9-24-16-25(27-19(4)12-17(2)13-20(27)5)10-11-26(24)29(23(8)30)28-21(6)14-18(3)15-22(28)7/h10-16H,9H2,1-8H3. The van der Waals surface area contributed by atoms with Crippen LogP contribution in [0.1, 0.15) is 52.8 Å². The van der Waals surface area contributed by atoms with Crippen molar-refractivity contribution in [3.63, 3.8) is 0 Å². The molecule has 3 rings (SSSR count). The van der Waals surface area contributed by atoms with Gasteiger partial charge in [-0.05, 0) is 99.0 Å². The zero-order valence-electron chi connectivity index (χ0n) is 19.6. The molecule has 3 aromatic rings. The largest absolute Gasteiger partial charge is 0.281 e. The van der Waals surface area contributed by atoms with Crippen LogP contribution < -0.4 is 4.90 Å². The van der Waals surface area contributed by atoms with Gasteiger partial charge in [0.15, 0.2) is 0 Å². The van der Waals surface area contributed by atoms with Crippen molar-refractivity contribution in [1.29, 1.82) is 0 Å². The van der Waals surface area contributed by atoms with Crippen LogP contribution in [0.25, 0.3) is 11.1 Å². The van der Waals surface area contributed by atoms with E-state index in [1.807, 2.05) is 4.90 Å². The molecule has 0 bridgehead atoms. The van der Waals surface area contributed by atoms with E-state index >= 15 is 0 Å². The summed E-state index contributed by atoms with van der Waals surface area (Å²) in [7, 11) is 0. The van der Waals surface area contributed by atoms with E-state index in [0.717, 1.165) is 28.9 Å². The number of nitrogens with zero attached hydrogens (tertiary/aromatic N) is 1. The highest BCUT2D eigenvalue weighted by Gasteiger charge is 2.22. The maximum atomic E-state index is 12.8. The molecule has 0 spiro atoms. The van der Waals surface area contributed by atoms with E-state index in [9.17, 15) is 4.79 Å². The van der Waals surface area contributed by atoms with Crippen molar-refractivity contribution in [2.75, 3.05) is 4.90 Å². The van der Waals surface area contributed by atoms with Gasteiger partial charge in [-0.3, -0.25) is 9.69 Å². The van der Waals surface area contributed by atoms with E-state index in [1.54, 1.807) is 6.92 Å². The van der Waals surface area contributed by atoms with Crippen molar-refractivity contribution in [2.45, 2.75) is 61.8 Å². The van der Waals surface area contributed by atoms with Crippen LogP contribution >= 0.6 is 0 Å². The summed E-state index contributed by atoms with van der Waals surface area (Å²) in [4.78, 5) is 14.7. The fourth-order valence-electron chi connectivity index (χ4n) is 4.85. The third-order valence-electron chi connectivity index (χ3n) is 5.84. The number of amides is 1. The minimum atomic E-state index is 0.0372. The van der Waals surface area contributed by atoms with E-state index < -0.39 is 0 Å². The molecular weight excluding hydrogens is 366 g/mol. The summed E-state index contributed by atoms with van der Waals surface area (Å²) >= 11 is 0. The summed E-state index contributed by atoms with van der Waals surface area (Å²) in [6, 6.07) is 15.3. The number of hydrogen-bond acceptors (Lipinski definition) is 1. The van der Waals surface area contributed by atoms with Crippen LogP contribution in [-0.2, 0) is 11.2 Å². The van der Waals surface area contributed by atoms with Gasteiger partial charge in [-0.15, -0.1) is 0 Å². The van der Waals surface area contributed by atoms with E-state index in [1.165, 1.54) is 38.9 Å². The highest BCUT2D eigenvalue weighted by Crippen LogP contribution is 2.38. The minimum absolute atomic E-state index is 0.0372. The van der Waals surface area contributed by atoms with Gasteiger partial charge in [0, 0.05) is 6.92 Å². The van der Waals surface area contributed by atoms with Crippen molar-refractivity contribution >= 4 is 17.3 Å². The summed E-state index contributed by atoms with van der Waals surface area (Å²) in [6.07, 6.45) is 0.862. The second kappa shape index (κ2) is 8.47. The highest BCUT2D eigenvalue weighted by molar-refractivity contribution is 6.01. The molecule has 0 atom stereocenters. The zero-order chi connectivity index (χ0) is 22.2. The van der Waals surface area contributed by atoms with Gasteiger partial charge in [0.2, 0.25) is 5.91 Å². The molecule has 0 heterocycles. The van der Waals surface area contributed by atoms with E-state index in [2.05, 4.69) is 90.9 Å². The van der Waals surface area contributed by atoms with Gasteiger partial charge in [-0.2, -0.15) is 0 Å². The lowest BCUT2D eigenvalue weighted by Crippen LogP contribution is -2.25. The number of carbonyl (C=O) groups is 1. The lowest BCUT2D eigenvalue weighted by Gasteiger charge is -2.28. The average molecular weight is 400 g/mol. The highest BCUT2D eigenvalue weighted by atomic mass is 16.2. The first kappa shape index (κ1) is 21.8. The van der Waals surface area contributed by atoms with Gasteiger partial charge in [0.25, 0.3) is 0 Å². The molecule has 2 nitrogen and oxygen atoms in total. The van der Waals surface area contributed by atoms with Gasteiger partial charge < -0.3 is 0 Å². The molecule has 0 aliphatic heterocycles. The molecule has 1 amide bonds. The fourth-order valence-corrected chi connectivity index (χ4v) is 4.85. The van der Waals surface area contributed by atoms with Crippen LogP contribution in [0.4, 0.5) is 11.4 Å². The Hall–Kier alpha value is -2.87. The van der Waals surface area contributed by atoms with E-state index in [-0.39, 0.29) is 5.91 Å². The summed E-state index contributed by atoms with van der Waals surface area (Å²) in [5, 5.41) is 0. The summed E-state index contributed by atoms with van der Waals surface area (Å²) in [5.74, 6) is 0.0372. The van der Waals surface area contributed by atoms with Crippen molar-refractivity contribution < 1.29 is 4.79 Å². The smallest absolute Gasteiger partial charge is 0.228 e. The molecule has 3 aromatic carbocycles. The fraction of sp³-hybridized carbons (Fsp3) is 0.321. The molecule has 0 aliphatic rings. The van der Waals surface area contributed by atoms with Gasteiger partial charge in [0.05, 0.1) is 11.4 Å². The van der Waals surface area contributed by atoms with Crippen LogP contribution in [0.3, 0.4) is 0 Å². The number of rotatable bonds is 4. The lowest BCUT2D eigenvalue weighted by atomic mass is 9.91. The molecular formula is C28H33NO. The van der Waals surface area contributed by atoms with E-state index in [0.29, 0.717) is 0 Å². The molecule has 0 unspecified atom stereocenters. The van der Waals surface area contributed by atoms with Gasteiger partial charge in [-0.1, -0.05) is 48.4 Å². The molecule has 0 aromatic heterocycles. The predicted octanol–water partition coefficient (Wildman–Crippen LogP) is 7.45. The van der Waals surface area contributed by atoms with Gasteiger partial charge >= 0.3 is 0 Å². The number of anilines is 2. The summed E-state index contributed by atoms with van der Waals surface area (Å²) in [5.41, 5.74) is 13.0. The quantitative estimate of drug-likeness (QED) is 0.446. The Morgan fingerprint density at radius 1 is 0.767 bits per heavy atom. The van der Waals surface area contributed by atoms with Crippen molar-refractivity contribution in [1.82, 2.24) is 0 Å². The van der Waals surface area contributed by atoms with Crippen LogP contribution in [0.2, 0.25) is 0 Å². The molecule has 0 fully saturated rings. The molecule has 30 heavy (non-hydrogen) atoms. The summed E-state index contributed by atoms with van der Waals surface area (Å²) < 4.78 is 0. The minimum Gasteiger partial charge on any atom is -0.281 e. The van der Waals surface area contributed by atoms with Gasteiger partial charge in [0.1, 0.15) is 0 Å². The third-order valence-corrected chi connectivity index (χ3v) is 5.84. The van der Waals surface area contributed by atoms with Crippen LogP contribution in [0, 0.1) is 41.5 Å². The Labute approximate surface area is 181 Å². The van der Waals surface area contributed by atoms with Crippen molar-refractivity contribution in [3.8, 4) is 11.1 Å². The summed E-state index contributed by atoms with van der Waals surface area (Å²) in [6.45, 7) is 16.6. The topological polar surface area (TPSA) is 20.3 Å². The second-order valence-corrected chi connectivity index (χ2v) is 8.57. The maximum Gasteiger partial charge on any atom is 0.228 e. The van der Waals surface area contributed by atoms with Crippen LogP contribution in [-0.4, -0.2) is 5.91 Å². The molecule has 156 valence electrons. The number of carbonyl (C=O) groups excluding carboxylic acids is 1. The lowest BCUT2D eigenvalue weighted by molar-refractivity contribution is -0.115. The van der Waals surface area contributed by atoms with E-state index in [4.69, 9.17) is 0 Å². The monoisotopic (exact) mass is 399 g/mol. The third kappa shape index (κ3) is 4.05. The number of hydrogen-bond donors (Lipinski definition) is 0. The first-order valence-corrected chi connectivity index (χ1v) is 10.7. The Kier molecular flexibility index (Phi) is 6.17. The Balaban J connectivity index is 2.20. The zero-order valence-corrected chi connectivity index (χ0v) is 19.6. The molecule has 0 aliphatic carbocycles. The molecule has 0 saturated carbocycles. The Morgan fingerprint density at radius 3 is 1.73 bits per heavy atom. The normalized spacial score (nSPS) is 10.9. The molecule has 0 N–H and O–H groups in total. The van der Waals surface area contributed by atoms with Crippen molar-refractivity contribution in [2.24, 2.45) is 0 Å². The Bertz CT molecular complexity index is 1080. The van der Waals surface area contributed by atoms with Crippen LogP contribution in [0.15, 0.2) is 42.5 Å². The maximum absolute atomic E-state index is 12.8. The number of aryl methyl sites for hydroxylation is 7.